The van der Waals surface area contributed by atoms with Crippen molar-refractivity contribution in [2.24, 2.45) is 0 Å². The number of rotatable bonds is 0. The molecule has 4 heteroatoms. The second-order valence-corrected chi connectivity index (χ2v) is 1.30. The molecule has 0 radical (unpaired) electrons. The van der Waals surface area contributed by atoms with Gasteiger partial charge in [-0.2, -0.15) is 0 Å². The Balaban J connectivity index is 3.50. The van der Waals surface area contributed by atoms with E-state index in [0.717, 1.165) is 0 Å². The fraction of sp³-hybridized carbons (Fsp3) is 0. The molecule has 8 heavy (non-hydrogen) atoms. The SMILES string of the molecule is O=[13c]1[13cH][13cH][15nH][13c](=O)[15nH]1. The van der Waals surface area contributed by atoms with Crippen molar-refractivity contribution < 1.29 is 0 Å². The molecule has 0 spiro atoms. The number of hydrogen-bond donors (Lipinski definition) is 2. The topological polar surface area (TPSA) is 65.7 Å². The number of hydrogen-bond acceptors (Lipinski definition) is 2. The molecular weight excluding hydrogens is 114 g/mol. The molecule has 0 aliphatic carbocycles. The highest BCUT2D eigenvalue weighted by Crippen LogP contribution is 1.51. The van der Waals surface area contributed by atoms with Crippen molar-refractivity contribution in [2.45, 2.75) is 0 Å². The first-order valence-corrected chi connectivity index (χ1v) is 2.07. The van der Waals surface area contributed by atoms with E-state index in [0.29, 0.717) is 0 Å². The minimum atomic E-state index is -0.475. The van der Waals surface area contributed by atoms with E-state index in [4.69, 9.17) is 0 Å². The van der Waals surface area contributed by atoms with E-state index < -0.39 is 5.69 Å². The van der Waals surface area contributed by atoms with Crippen molar-refractivity contribution in [3.63, 3.8) is 0 Å². The van der Waals surface area contributed by atoms with Crippen LogP contribution in [0.2, 0.25) is 0 Å². The molecule has 0 bridgehead atoms. The fourth-order valence-electron chi connectivity index (χ4n) is 0.383. The number of H-pyrrole nitrogens is 2. The number of nitrogens with one attached hydrogen (secondary N) is 2. The Bertz CT molecular complexity index is 246. The van der Waals surface area contributed by atoms with Crippen molar-refractivity contribution in [1.29, 1.82) is 0 Å². The van der Waals surface area contributed by atoms with Gasteiger partial charge in [-0.15, -0.1) is 0 Å². The van der Waals surface area contributed by atoms with Crippen LogP contribution < -0.4 is 11.2 Å². The van der Waals surface area contributed by atoms with Gasteiger partial charge in [-0.1, -0.05) is 0 Å². The summed E-state index contributed by atoms with van der Waals surface area (Å²) in [6.07, 6.45) is 1.29. The Morgan fingerprint density at radius 1 is 1.38 bits per heavy atom. The molecule has 2 N–H and O–H groups in total. The van der Waals surface area contributed by atoms with Crippen LogP contribution in [-0.2, 0) is 0 Å². The summed E-state index contributed by atoms with van der Waals surface area (Å²) in [7, 11) is 0. The highest BCUT2D eigenvalue weighted by atomic mass is 16.3. The molecule has 0 atom stereocenters. The Morgan fingerprint density at radius 3 is 2.50 bits per heavy atom. The second kappa shape index (κ2) is 1.65. The minimum absolute atomic E-state index is 0.381. The molecule has 1 aromatic rings. The molecule has 0 amide bonds. The van der Waals surface area contributed by atoms with Gasteiger partial charge in [0.2, 0.25) is 0 Å². The van der Waals surface area contributed by atoms with Gasteiger partial charge >= 0.3 is 5.69 Å². The molecule has 0 unspecified atom stereocenters. The van der Waals surface area contributed by atoms with E-state index in [1.165, 1.54) is 12.3 Å². The summed E-state index contributed by atoms with van der Waals surface area (Å²) >= 11 is 0. The van der Waals surface area contributed by atoms with Crippen molar-refractivity contribution in [1.82, 2.24) is 9.97 Å². The van der Waals surface area contributed by atoms with Crippen molar-refractivity contribution >= 4 is 0 Å². The van der Waals surface area contributed by atoms with Crippen LogP contribution in [0.4, 0.5) is 0 Å². The van der Waals surface area contributed by atoms with Gasteiger partial charge in [0.1, 0.15) is 0 Å². The van der Waals surface area contributed by atoms with Gasteiger partial charge in [-0.25, -0.2) is 4.79 Å². The molecule has 0 fully saturated rings. The molecule has 0 aliphatic rings. The quantitative estimate of drug-likeness (QED) is 0.461. The van der Waals surface area contributed by atoms with Gasteiger partial charge in [0.05, 0.1) is 0 Å². The third-order valence-corrected chi connectivity index (χ3v) is 0.686. The van der Waals surface area contributed by atoms with Crippen LogP contribution in [0, 0.1) is 0 Å². The van der Waals surface area contributed by atoms with Crippen LogP contribution in [0.15, 0.2) is 21.9 Å². The van der Waals surface area contributed by atoms with Crippen molar-refractivity contribution in [3.8, 4) is 0 Å². The zero-order chi connectivity index (χ0) is 5.98. The average molecular weight is 118 g/mol. The molecule has 0 aliphatic heterocycles. The van der Waals surface area contributed by atoms with E-state index in [2.05, 4.69) is 4.98 Å². The van der Waals surface area contributed by atoms with Gasteiger partial charge in [0.25, 0.3) is 5.56 Å². The van der Waals surface area contributed by atoms with Crippen LogP contribution >= 0.6 is 0 Å². The first-order chi connectivity index (χ1) is 3.79. The predicted molar refractivity (Wildman–Crippen MR) is 27.7 cm³/mol. The Kier molecular flexibility index (Phi) is 0.997. The monoisotopic (exact) mass is 118 g/mol. The number of aromatic nitrogens is 2. The highest BCUT2D eigenvalue weighted by molar-refractivity contribution is 4.77. The summed E-state index contributed by atoms with van der Waals surface area (Å²) in [5.41, 5.74) is -0.855. The maximum absolute atomic E-state index is 10.2. The lowest BCUT2D eigenvalue weighted by Gasteiger charge is -1.75. The van der Waals surface area contributed by atoms with Crippen LogP contribution in [0.3, 0.4) is 0 Å². The zero-order valence-corrected chi connectivity index (χ0v) is 3.97. The summed E-state index contributed by atoms with van der Waals surface area (Å²) in [6.45, 7) is 0. The van der Waals surface area contributed by atoms with E-state index in [1.807, 2.05) is 4.98 Å². The molecular formula is C4H4N2O2. The first kappa shape index (κ1) is 4.83. The molecule has 4 nitrogen and oxygen atoms in total. The maximum Gasteiger partial charge on any atom is 0.325 e. The van der Waals surface area contributed by atoms with Crippen LogP contribution in [0.25, 0.3) is 0 Å². The Labute approximate surface area is 44.2 Å². The normalized spacial score (nSPS) is 9.00. The third-order valence-electron chi connectivity index (χ3n) is 0.686. The Morgan fingerprint density at radius 2 is 2.12 bits per heavy atom. The van der Waals surface area contributed by atoms with E-state index in [1.54, 1.807) is 0 Å². The van der Waals surface area contributed by atoms with E-state index >= 15 is 0 Å². The molecule has 0 saturated heterocycles. The van der Waals surface area contributed by atoms with Crippen LogP contribution in [0.5, 0.6) is 0 Å². The number of aromatic amines is 2. The molecule has 42 valence electrons. The minimum Gasteiger partial charge on any atom is -0.314 e. The lowest BCUT2D eigenvalue weighted by atomic mass is 11.7. The van der Waals surface area contributed by atoms with Crippen molar-refractivity contribution in [3.05, 3.63) is 33.1 Å². The largest absolute Gasteiger partial charge is 0.325 e. The van der Waals surface area contributed by atoms with E-state index in [9.17, 15) is 9.59 Å². The van der Waals surface area contributed by atoms with E-state index in [-0.39, 0.29) is 5.56 Å². The van der Waals surface area contributed by atoms with Crippen LogP contribution in [0.1, 0.15) is 0 Å². The van der Waals surface area contributed by atoms with Crippen molar-refractivity contribution in [2.75, 3.05) is 0 Å². The highest BCUT2D eigenvalue weighted by Gasteiger charge is 1.77. The summed E-state index contributed by atoms with van der Waals surface area (Å²) in [6, 6.07) is 1.24. The summed E-state index contributed by atoms with van der Waals surface area (Å²) < 4.78 is 0. The lowest BCUT2D eigenvalue weighted by molar-refractivity contribution is 1.04. The summed E-state index contributed by atoms with van der Waals surface area (Å²) in [4.78, 5) is 24.7. The predicted octanol–water partition coefficient (Wildman–Crippen LogP) is -0.937. The lowest BCUT2D eigenvalue weighted by Crippen LogP contribution is -2.19. The molecule has 1 aromatic heterocycles. The van der Waals surface area contributed by atoms with Gasteiger partial charge in [0.15, 0.2) is 0 Å². The molecule has 0 saturated carbocycles. The van der Waals surface area contributed by atoms with Gasteiger partial charge in [-0.3, -0.25) is 9.78 Å². The average Bonchev–Trinajstić information content (AvgIpc) is 1.64. The standard InChI is InChI=1S/C4H4N2O2/c7-3-1-2-5-4(8)6-3/h1-2H,(H2,5,6,7,8)/i1+1,2+1,3+1,4+1,5+1,6+1. The summed E-state index contributed by atoms with van der Waals surface area (Å²) in [5.74, 6) is 0. The van der Waals surface area contributed by atoms with Gasteiger partial charge < -0.3 is 4.98 Å². The first-order valence-electron chi connectivity index (χ1n) is 2.07. The molecule has 1 heterocycles. The maximum atomic E-state index is 10.2. The molecule has 1 rings (SSSR count). The van der Waals surface area contributed by atoms with Crippen LogP contribution in [-0.4, -0.2) is 9.97 Å². The second-order valence-electron chi connectivity index (χ2n) is 1.30. The van der Waals surface area contributed by atoms with Gasteiger partial charge in [-0.05, 0) is 0 Å². The zero-order valence-electron chi connectivity index (χ0n) is 3.97. The molecule has 0 aromatic carbocycles. The smallest absolute Gasteiger partial charge is 0.314 e. The fourth-order valence-corrected chi connectivity index (χ4v) is 0.383. The summed E-state index contributed by atoms with van der Waals surface area (Å²) in [5, 5.41) is 0. The Hall–Kier alpha value is -1.32. The van der Waals surface area contributed by atoms with Gasteiger partial charge in [0, 0.05) is 12.3 Å². The third kappa shape index (κ3) is 0.841.